The van der Waals surface area contributed by atoms with Crippen LogP contribution in [0.1, 0.15) is 50.0 Å². The van der Waals surface area contributed by atoms with Gasteiger partial charge < -0.3 is 15.8 Å². The molecule has 0 bridgehead atoms. The number of anilines is 1. The lowest BCUT2D eigenvalue weighted by atomic mass is 9.91. The average molecular weight is 313 g/mol. The van der Waals surface area contributed by atoms with Gasteiger partial charge in [-0.3, -0.25) is 4.79 Å². The number of ether oxygens (including phenoxy) is 1. The molecule has 0 saturated heterocycles. The average Bonchev–Trinajstić information content (AvgIpc) is 2.80. The SMILES string of the molecule is COC(=O)c1sc(NC(=O)C(C)C(C)N)nc1C(C)(C)C. The van der Waals surface area contributed by atoms with Gasteiger partial charge in [0.2, 0.25) is 5.91 Å². The number of nitrogens with two attached hydrogens (primary N) is 1. The molecule has 0 aromatic carbocycles. The number of nitrogens with zero attached hydrogens (tertiary/aromatic N) is 1. The van der Waals surface area contributed by atoms with Gasteiger partial charge in [0.1, 0.15) is 4.88 Å². The fourth-order valence-corrected chi connectivity index (χ4v) is 2.67. The Balaban J connectivity index is 3.09. The predicted molar refractivity (Wildman–Crippen MR) is 83.6 cm³/mol. The van der Waals surface area contributed by atoms with Crippen LogP contribution >= 0.6 is 11.3 Å². The molecule has 0 aliphatic rings. The minimum Gasteiger partial charge on any atom is -0.465 e. The number of methoxy groups -OCH3 is 1. The van der Waals surface area contributed by atoms with E-state index in [4.69, 9.17) is 10.5 Å². The van der Waals surface area contributed by atoms with E-state index in [1.165, 1.54) is 7.11 Å². The van der Waals surface area contributed by atoms with Crippen molar-refractivity contribution in [3.63, 3.8) is 0 Å². The highest BCUT2D eigenvalue weighted by Crippen LogP contribution is 2.32. The van der Waals surface area contributed by atoms with E-state index >= 15 is 0 Å². The third-order valence-electron chi connectivity index (χ3n) is 3.14. The fraction of sp³-hybridized carbons (Fsp3) is 0.643. The normalized spacial score (nSPS) is 14.4. The summed E-state index contributed by atoms with van der Waals surface area (Å²) in [5.74, 6) is -0.998. The fourth-order valence-electron chi connectivity index (χ4n) is 1.57. The quantitative estimate of drug-likeness (QED) is 0.831. The van der Waals surface area contributed by atoms with E-state index in [1.54, 1.807) is 13.8 Å². The second kappa shape index (κ2) is 6.53. The van der Waals surface area contributed by atoms with Crippen LogP contribution in [0.15, 0.2) is 0 Å². The Hall–Kier alpha value is -1.47. The van der Waals surface area contributed by atoms with Crippen LogP contribution in [0, 0.1) is 5.92 Å². The van der Waals surface area contributed by atoms with Crippen molar-refractivity contribution in [2.75, 3.05) is 12.4 Å². The first-order valence-electron chi connectivity index (χ1n) is 6.74. The van der Waals surface area contributed by atoms with Crippen LogP contribution in [0.25, 0.3) is 0 Å². The highest BCUT2D eigenvalue weighted by atomic mass is 32.1. The van der Waals surface area contributed by atoms with E-state index in [1.807, 2.05) is 20.8 Å². The summed E-state index contributed by atoms with van der Waals surface area (Å²) < 4.78 is 4.77. The third kappa shape index (κ3) is 4.25. The summed E-state index contributed by atoms with van der Waals surface area (Å²) in [4.78, 5) is 28.6. The van der Waals surface area contributed by atoms with E-state index in [9.17, 15) is 9.59 Å². The predicted octanol–water partition coefficient (Wildman–Crippen LogP) is 2.15. The monoisotopic (exact) mass is 313 g/mol. The summed E-state index contributed by atoms with van der Waals surface area (Å²) in [5.41, 5.74) is 6.00. The van der Waals surface area contributed by atoms with Crippen LogP contribution in [-0.4, -0.2) is 30.0 Å². The van der Waals surface area contributed by atoms with Crippen molar-refractivity contribution in [2.24, 2.45) is 11.7 Å². The summed E-state index contributed by atoms with van der Waals surface area (Å²) >= 11 is 1.12. The molecule has 2 unspecified atom stereocenters. The molecule has 1 aromatic rings. The van der Waals surface area contributed by atoms with Gasteiger partial charge in [-0.25, -0.2) is 9.78 Å². The highest BCUT2D eigenvalue weighted by molar-refractivity contribution is 7.17. The van der Waals surface area contributed by atoms with Gasteiger partial charge in [-0.2, -0.15) is 0 Å². The van der Waals surface area contributed by atoms with Crippen molar-refractivity contribution in [2.45, 2.75) is 46.1 Å². The van der Waals surface area contributed by atoms with Crippen LogP contribution in [0.5, 0.6) is 0 Å². The molecule has 6 nitrogen and oxygen atoms in total. The van der Waals surface area contributed by atoms with Crippen molar-refractivity contribution in [3.8, 4) is 0 Å². The maximum atomic E-state index is 12.0. The number of aromatic nitrogens is 1. The Morgan fingerprint density at radius 1 is 1.33 bits per heavy atom. The molecule has 1 amide bonds. The van der Waals surface area contributed by atoms with Crippen LogP contribution in [0.3, 0.4) is 0 Å². The molecular weight excluding hydrogens is 290 g/mol. The zero-order valence-corrected chi connectivity index (χ0v) is 14.1. The smallest absolute Gasteiger partial charge is 0.350 e. The Kier molecular flexibility index (Phi) is 5.47. The van der Waals surface area contributed by atoms with Gasteiger partial charge in [0.15, 0.2) is 5.13 Å². The van der Waals surface area contributed by atoms with Gasteiger partial charge in [-0.1, -0.05) is 39.0 Å². The first-order valence-corrected chi connectivity index (χ1v) is 7.55. The molecule has 21 heavy (non-hydrogen) atoms. The second-order valence-electron chi connectivity index (χ2n) is 6.08. The Labute approximate surface area is 129 Å². The molecule has 118 valence electrons. The molecule has 3 N–H and O–H groups in total. The van der Waals surface area contributed by atoms with E-state index in [0.29, 0.717) is 15.7 Å². The van der Waals surface area contributed by atoms with Crippen molar-refractivity contribution >= 4 is 28.3 Å². The molecule has 0 fully saturated rings. The largest absolute Gasteiger partial charge is 0.465 e. The van der Waals surface area contributed by atoms with Gasteiger partial charge >= 0.3 is 5.97 Å². The molecule has 2 atom stereocenters. The van der Waals surface area contributed by atoms with E-state index in [0.717, 1.165) is 11.3 Å². The molecule has 1 rings (SSSR count). The number of rotatable bonds is 4. The molecule has 0 aliphatic heterocycles. The van der Waals surface area contributed by atoms with E-state index in [2.05, 4.69) is 10.3 Å². The van der Waals surface area contributed by atoms with Crippen molar-refractivity contribution in [1.82, 2.24) is 4.98 Å². The third-order valence-corrected chi connectivity index (χ3v) is 4.09. The molecular formula is C14H23N3O3S. The topological polar surface area (TPSA) is 94.3 Å². The molecule has 0 spiro atoms. The summed E-state index contributed by atoms with van der Waals surface area (Å²) in [5, 5.41) is 3.10. The number of esters is 1. The number of carbonyl (C=O) groups excluding carboxylic acids is 2. The Morgan fingerprint density at radius 3 is 2.33 bits per heavy atom. The van der Waals surface area contributed by atoms with Crippen LogP contribution in [-0.2, 0) is 14.9 Å². The maximum Gasteiger partial charge on any atom is 0.350 e. The van der Waals surface area contributed by atoms with E-state index in [-0.39, 0.29) is 23.3 Å². The van der Waals surface area contributed by atoms with Crippen LogP contribution < -0.4 is 11.1 Å². The molecule has 0 radical (unpaired) electrons. The molecule has 1 aromatic heterocycles. The molecule has 0 aliphatic carbocycles. The number of carbonyl (C=O) groups is 2. The number of hydrogen-bond donors (Lipinski definition) is 2. The standard InChI is InChI=1S/C14H23N3O3S/c1-7(8(2)15)11(18)17-13-16-10(14(3,4)5)9(21-13)12(19)20-6/h7-8H,15H2,1-6H3,(H,16,17,18). The van der Waals surface area contributed by atoms with E-state index < -0.39 is 5.97 Å². The summed E-state index contributed by atoms with van der Waals surface area (Å²) in [6, 6.07) is -0.257. The number of nitrogens with one attached hydrogen (secondary N) is 1. The number of hydrogen-bond acceptors (Lipinski definition) is 6. The first-order chi connectivity index (χ1) is 9.57. The number of thiazole rings is 1. The van der Waals surface area contributed by atoms with Crippen molar-refractivity contribution in [3.05, 3.63) is 10.6 Å². The second-order valence-corrected chi connectivity index (χ2v) is 7.07. The molecule has 7 heteroatoms. The van der Waals surface area contributed by atoms with Crippen molar-refractivity contribution < 1.29 is 14.3 Å². The summed E-state index contributed by atoms with van der Waals surface area (Å²) in [7, 11) is 1.32. The van der Waals surface area contributed by atoms with Crippen LogP contribution in [0.4, 0.5) is 5.13 Å². The van der Waals surface area contributed by atoms with Crippen LogP contribution in [0.2, 0.25) is 0 Å². The number of amides is 1. The minimum atomic E-state index is -0.446. The van der Waals surface area contributed by atoms with Gasteiger partial charge in [0, 0.05) is 11.5 Å². The van der Waals surface area contributed by atoms with Gasteiger partial charge in [-0.05, 0) is 6.92 Å². The minimum absolute atomic E-state index is 0.212. The van der Waals surface area contributed by atoms with Gasteiger partial charge in [0.25, 0.3) is 0 Å². The zero-order chi connectivity index (χ0) is 16.4. The molecule has 1 heterocycles. The molecule has 0 saturated carbocycles. The Bertz CT molecular complexity index is 532. The highest BCUT2D eigenvalue weighted by Gasteiger charge is 2.29. The van der Waals surface area contributed by atoms with Crippen molar-refractivity contribution in [1.29, 1.82) is 0 Å². The summed E-state index contributed by atoms with van der Waals surface area (Å²) in [6.07, 6.45) is 0. The Morgan fingerprint density at radius 2 is 1.90 bits per heavy atom. The first kappa shape index (κ1) is 17.6. The lowest BCUT2D eigenvalue weighted by molar-refractivity contribution is -0.119. The van der Waals surface area contributed by atoms with Gasteiger partial charge in [-0.15, -0.1) is 0 Å². The van der Waals surface area contributed by atoms with Gasteiger partial charge in [0.05, 0.1) is 18.7 Å². The lowest BCUT2D eigenvalue weighted by Crippen LogP contribution is -2.34. The lowest BCUT2D eigenvalue weighted by Gasteiger charge is -2.16. The zero-order valence-electron chi connectivity index (χ0n) is 13.3. The summed E-state index contributed by atoms with van der Waals surface area (Å²) in [6.45, 7) is 9.37. The maximum absolute atomic E-state index is 12.0.